The van der Waals surface area contributed by atoms with Gasteiger partial charge in [0.2, 0.25) is 11.7 Å². The second-order valence-corrected chi connectivity index (χ2v) is 11.0. The van der Waals surface area contributed by atoms with Gasteiger partial charge in [-0.3, -0.25) is 4.79 Å². The van der Waals surface area contributed by atoms with Gasteiger partial charge in [-0.1, -0.05) is 0 Å². The Hall–Kier alpha value is -2.33. The highest BCUT2D eigenvalue weighted by molar-refractivity contribution is 5.80. The fraction of sp³-hybridized carbons (Fsp3) is 0.826. The third-order valence-electron chi connectivity index (χ3n) is 8.95. The zero-order valence-corrected chi connectivity index (χ0v) is 19.1. The topological polar surface area (TPSA) is 83.4 Å². The van der Waals surface area contributed by atoms with Crippen molar-refractivity contribution >= 4 is 11.9 Å². The summed E-state index contributed by atoms with van der Waals surface area (Å²) in [5.74, 6) is 2.21. The molecule has 6 aliphatic rings. The van der Waals surface area contributed by atoms with Crippen LogP contribution in [0.25, 0.3) is 0 Å². The molecule has 1 aromatic heterocycles. The zero-order chi connectivity index (χ0) is 23.6. The standard InChI is InChI=1S/C23H31F3N6O2/c24-23(25,26)21-29-28-18-12-31(5-6-32(18)21)22(34)30-3-1-15(2-4-30)20(33)27-19-16-8-13-7-14(10-16)11-17(19)9-13/h13-17,19H,1-12H2,(H,27,33). The van der Waals surface area contributed by atoms with Crippen molar-refractivity contribution in [1.29, 1.82) is 0 Å². The lowest BCUT2D eigenvalue weighted by atomic mass is 9.54. The lowest BCUT2D eigenvalue weighted by Gasteiger charge is -2.54. The van der Waals surface area contributed by atoms with Gasteiger partial charge in [-0.15, -0.1) is 10.2 Å². The minimum atomic E-state index is -4.56. The second-order valence-electron chi connectivity index (χ2n) is 11.0. The summed E-state index contributed by atoms with van der Waals surface area (Å²) >= 11 is 0. The Kier molecular flexibility index (Phi) is 5.29. The molecule has 2 aliphatic heterocycles. The van der Waals surface area contributed by atoms with Gasteiger partial charge in [-0.05, 0) is 68.6 Å². The first-order valence-corrected chi connectivity index (χ1v) is 12.6. The molecule has 7 rings (SSSR count). The molecule has 0 atom stereocenters. The molecule has 3 amide bonds. The van der Waals surface area contributed by atoms with Gasteiger partial charge in [0.25, 0.3) is 0 Å². The predicted octanol–water partition coefficient (Wildman–Crippen LogP) is 2.89. The number of piperidine rings is 1. The van der Waals surface area contributed by atoms with Gasteiger partial charge < -0.3 is 19.7 Å². The van der Waals surface area contributed by atoms with Crippen molar-refractivity contribution in [2.24, 2.45) is 29.6 Å². The van der Waals surface area contributed by atoms with Crippen molar-refractivity contribution in [2.75, 3.05) is 19.6 Å². The summed E-state index contributed by atoms with van der Waals surface area (Å²) in [6, 6.07) is 0.120. The van der Waals surface area contributed by atoms with Crippen molar-refractivity contribution in [2.45, 2.75) is 70.3 Å². The Labute approximate surface area is 196 Å². The molecule has 11 heteroatoms. The van der Waals surface area contributed by atoms with E-state index in [1.807, 2.05) is 0 Å². The van der Waals surface area contributed by atoms with E-state index in [-0.39, 0.29) is 43.3 Å². The van der Waals surface area contributed by atoms with Crippen LogP contribution in [0.15, 0.2) is 0 Å². The molecule has 4 aliphatic carbocycles. The number of hydrogen-bond acceptors (Lipinski definition) is 4. The first-order chi connectivity index (χ1) is 16.3. The van der Waals surface area contributed by atoms with Crippen LogP contribution in [0, 0.1) is 29.6 Å². The maximum Gasteiger partial charge on any atom is 0.451 e. The van der Waals surface area contributed by atoms with Crippen molar-refractivity contribution in [3.05, 3.63) is 11.6 Å². The lowest BCUT2D eigenvalue weighted by Crippen LogP contribution is -2.57. The van der Waals surface area contributed by atoms with Crippen LogP contribution in [0.2, 0.25) is 0 Å². The smallest absolute Gasteiger partial charge is 0.353 e. The van der Waals surface area contributed by atoms with Crippen LogP contribution in [0.4, 0.5) is 18.0 Å². The number of nitrogens with one attached hydrogen (secondary N) is 1. The molecule has 8 nitrogen and oxygen atoms in total. The molecule has 0 aromatic carbocycles. The summed E-state index contributed by atoms with van der Waals surface area (Å²) in [5.41, 5.74) is 0. The number of hydrogen-bond donors (Lipinski definition) is 1. The third kappa shape index (κ3) is 3.84. The summed E-state index contributed by atoms with van der Waals surface area (Å²) in [6.07, 6.45) is 3.12. The first kappa shape index (κ1) is 22.2. The number of likely N-dealkylation sites (tertiary alicyclic amines) is 1. The molecule has 1 N–H and O–H groups in total. The number of alkyl halides is 3. The van der Waals surface area contributed by atoms with Crippen LogP contribution in [0.1, 0.15) is 56.6 Å². The second kappa shape index (κ2) is 8.12. The van der Waals surface area contributed by atoms with Crippen molar-refractivity contribution in [1.82, 2.24) is 29.9 Å². The van der Waals surface area contributed by atoms with E-state index in [4.69, 9.17) is 0 Å². The Balaban J connectivity index is 1.02. The number of nitrogens with zero attached hydrogens (tertiary/aromatic N) is 5. The molecule has 4 saturated carbocycles. The Bertz CT molecular complexity index is 942. The number of urea groups is 1. The summed E-state index contributed by atoms with van der Waals surface area (Å²) in [7, 11) is 0. The van der Waals surface area contributed by atoms with E-state index < -0.39 is 12.0 Å². The zero-order valence-electron chi connectivity index (χ0n) is 19.1. The fourth-order valence-corrected chi connectivity index (χ4v) is 7.51. The number of fused-ring (bicyclic) bond motifs is 1. The molecule has 0 spiro atoms. The van der Waals surface area contributed by atoms with Gasteiger partial charge >= 0.3 is 12.2 Å². The molecule has 1 aromatic rings. The van der Waals surface area contributed by atoms with Gasteiger partial charge in [0.05, 0.1) is 6.54 Å². The summed E-state index contributed by atoms with van der Waals surface area (Å²) < 4.78 is 40.2. The van der Waals surface area contributed by atoms with Crippen LogP contribution in [-0.2, 0) is 24.1 Å². The maximum atomic E-state index is 13.1. The molecular formula is C23H31F3N6O2. The quantitative estimate of drug-likeness (QED) is 0.706. The molecular weight excluding hydrogens is 449 g/mol. The molecule has 34 heavy (non-hydrogen) atoms. The molecule has 4 bridgehead atoms. The highest BCUT2D eigenvalue weighted by atomic mass is 19.4. The average Bonchev–Trinajstić information content (AvgIpc) is 3.24. The highest BCUT2D eigenvalue weighted by Gasteiger charge is 2.49. The van der Waals surface area contributed by atoms with Gasteiger partial charge in [-0.2, -0.15) is 13.2 Å². The number of rotatable bonds is 2. The number of carbonyl (C=O) groups is 2. The molecule has 5 fully saturated rings. The maximum absolute atomic E-state index is 13.1. The number of halogens is 3. The van der Waals surface area contributed by atoms with Gasteiger partial charge in [0.15, 0.2) is 5.82 Å². The average molecular weight is 481 g/mol. The molecule has 186 valence electrons. The van der Waals surface area contributed by atoms with Crippen LogP contribution in [-0.4, -0.2) is 62.2 Å². The Morgan fingerprint density at radius 2 is 1.50 bits per heavy atom. The molecule has 0 unspecified atom stereocenters. The van der Waals surface area contributed by atoms with E-state index >= 15 is 0 Å². The van der Waals surface area contributed by atoms with Crippen LogP contribution in [0.3, 0.4) is 0 Å². The van der Waals surface area contributed by atoms with Crippen molar-refractivity contribution in [3.63, 3.8) is 0 Å². The van der Waals surface area contributed by atoms with E-state index in [0.29, 0.717) is 43.8 Å². The van der Waals surface area contributed by atoms with Gasteiger partial charge in [-0.25, -0.2) is 4.79 Å². The predicted molar refractivity (Wildman–Crippen MR) is 114 cm³/mol. The van der Waals surface area contributed by atoms with E-state index in [9.17, 15) is 22.8 Å². The van der Waals surface area contributed by atoms with Crippen molar-refractivity contribution < 1.29 is 22.8 Å². The number of amides is 3. The molecule has 3 heterocycles. The Morgan fingerprint density at radius 1 is 0.853 bits per heavy atom. The Morgan fingerprint density at radius 3 is 2.12 bits per heavy atom. The summed E-state index contributed by atoms with van der Waals surface area (Å²) in [4.78, 5) is 29.3. The van der Waals surface area contributed by atoms with Gasteiger partial charge in [0, 0.05) is 38.1 Å². The lowest BCUT2D eigenvalue weighted by molar-refractivity contribution is -0.147. The van der Waals surface area contributed by atoms with Crippen LogP contribution >= 0.6 is 0 Å². The SMILES string of the molecule is O=C(NC1C2CC3CC(C2)CC1C3)C1CCN(C(=O)N2CCn3c(nnc3C(F)(F)F)C2)CC1. The van der Waals surface area contributed by atoms with E-state index in [1.54, 1.807) is 4.90 Å². The van der Waals surface area contributed by atoms with Crippen LogP contribution < -0.4 is 5.32 Å². The van der Waals surface area contributed by atoms with E-state index in [2.05, 4.69) is 15.5 Å². The summed E-state index contributed by atoms with van der Waals surface area (Å²) in [6.45, 7) is 1.17. The third-order valence-corrected chi connectivity index (χ3v) is 8.95. The monoisotopic (exact) mass is 480 g/mol. The number of carbonyl (C=O) groups excluding carboxylic acids is 2. The largest absolute Gasteiger partial charge is 0.451 e. The van der Waals surface area contributed by atoms with Gasteiger partial charge in [0.1, 0.15) is 0 Å². The minimum absolute atomic E-state index is 0.00870. The van der Waals surface area contributed by atoms with E-state index in [0.717, 1.165) is 16.4 Å². The first-order valence-electron chi connectivity index (χ1n) is 12.6. The highest BCUT2D eigenvalue weighted by Crippen LogP contribution is 2.53. The normalized spacial score (nSPS) is 33.2. The molecule has 1 saturated heterocycles. The number of aromatic nitrogens is 3. The van der Waals surface area contributed by atoms with Crippen molar-refractivity contribution in [3.8, 4) is 0 Å². The van der Waals surface area contributed by atoms with Crippen LogP contribution in [0.5, 0.6) is 0 Å². The molecule has 0 radical (unpaired) electrons. The summed E-state index contributed by atoms with van der Waals surface area (Å²) in [5, 5.41) is 10.3. The van der Waals surface area contributed by atoms with E-state index in [1.165, 1.54) is 37.0 Å². The minimum Gasteiger partial charge on any atom is -0.353 e. The fourth-order valence-electron chi connectivity index (χ4n) is 7.51.